The zero-order valence-corrected chi connectivity index (χ0v) is 10.1. The predicted octanol–water partition coefficient (Wildman–Crippen LogP) is 2.91. The highest BCUT2D eigenvalue weighted by Gasteiger charge is 2.24. The highest BCUT2D eigenvalue weighted by molar-refractivity contribution is 5.06. The number of rotatable bonds is 3. The summed E-state index contributed by atoms with van der Waals surface area (Å²) in [6, 6.07) is 1.96. The topological polar surface area (TPSA) is 38.0 Å². The second-order valence-corrected chi connectivity index (χ2v) is 4.77. The SMILES string of the molecule is CCn1nccc1C(O)C1CCCCCC1. The molecule has 0 saturated heterocycles. The van der Waals surface area contributed by atoms with Crippen molar-refractivity contribution in [3.8, 4) is 0 Å². The molecule has 1 aromatic heterocycles. The van der Waals surface area contributed by atoms with Crippen LogP contribution >= 0.6 is 0 Å². The van der Waals surface area contributed by atoms with Crippen LogP contribution < -0.4 is 0 Å². The lowest BCUT2D eigenvalue weighted by molar-refractivity contribution is 0.0901. The Balaban J connectivity index is 2.07. The maximum atomic E-state index is 10.4. The summed E-state index contributed by atoms with van der Waals surface area (Å²) < 4.78 is 1.91. The van der Waals surface area contributed by atoms with Crippen molar-refractivity contribution >= 4 is 0 Å². The molecule has 16 heavy (non-hydrogen) atoms. The monoisotopic (exact) mass is 222 g/mol. The minimum atomic E-state index is -0.319. The van der Waals surface area contributed by atoms with Gasteiger partial charge in [-0.2, -0.15) is 5.10 Å². The zero-order chi connectivity index (χ0) is 11.4. The van der Waals surface area contributed by atoms with Gasteiger partial charge in [0.25, 0.3) is 0 Å². The molecule has 0 radical (unpaired) electrons. The van der Waals surface area contributed by atoms with Crippen LogP contribution in [0.25, 0.3) is 0 Å². The van der Waals surface area contributed by atoms with Crippen LogP contribution in [0.3, 0.4) is 0 Å². The van der Waals surface area contributed by atoms with Crippen molar-refractivity contribution in [1.82, 2.24) is 9.78 Å². The lowest BCUT2D eigenvalue weighted by atomic mass is 9.92. The Labute approximate surface area is 97.5 Å². The Morgan fingerprint density at radius 1 is 1.38 bits per heavy atom. The first kappa shape index (κ1) is 11.6. The van der Waals surface area contributed by atoms with Crippen molar-refractivity contribution in [2.45, 2.75) is 58.1 Å². The van der Waals surface area contributed by atoms with Crippen molar-refractivity contribution in [1.29, 1.82) is 0 Å². The highest BCUT2D eigenvalue weighted by Crippen LogP contribution is 2.33. The summed E-state index contributed by atoms with van der Waals surface area (Å²) >= 11 is 0. The van der Waals surface area contributed by atoms with Gasteiger partial charge in [-0.25, -0.2) is 0 Å². The van der Waals surface area contributed by atoms with Crippen molar-refractivity contribution in [3.63, 3.8) is 0 Å². The molecule has 0 bridgehead atoms. The fourth-order valence-corrected chi connectivity index (χ4v) is 2.73. The summed E-state index contributed by atoms with van der Waals surface area (Å²) in [5.41, 5.74) is 0.995. The summed E-state index contributed by atoms with van der Waals surface area (Å²) in [5, 5.41) is 14.6. The lowest BCUT2D eigenvalue weighted by Gasteiger charge is -2.21. The fraction of sp³-hybridized carbons (Fsp3) is 0.769. The molecule has 1 fully saturated rings. The quantitative estimate of drug-likeness (QED) is 0.798. The van der Waals surface area contributed by atoms with Crippen LogP contribution in [0.1, 0.15) is 57.2 Å². The number of aliphatic hydroxyl groups is 1. The average Bonchev–Trinajstić information content (AvgIpc) is 2.61. The van der Waals surface area contributed by atoms with E-state index in [1.165, 1.54) is 25.7 Å². The number of aromatic nitrogens is 2. The summed E-state index contributed by atoms with van der Waals surface area (Å²) in [7, 11) is 0. The third-order valence-corrected chi connectivity index (χ3v) is 3.70. The van der Waals surface area contributed by atoms with Crippen molar-refractivity contribution in [3.05, 3.63) is 18.0 Å². The third-order valence-electron chi connectivity index (χ3n) is 3.70. The Morgan fingerprint density at radius 3 is 2.69 bits per heavy atom. The molecule has 3 heteroatoms. The number of aryl methyl sites for hydroxylation is 1. The molecular formula is C13H22N2O. The summed E-state index contributed by atoms with van der Waals surface area (Å²) in [6.45, 7) is 2.91. The van der Waals surface area contributed by atoms with E-state index < -0.39 is 0 Å². The van der Waals surface area contributed by atoms with Gasteiger partial charge in [0.15, 0.2) is 0 Å². The second kappa shape index (κ2) is 5.48. The number of nitrogens with zero attached hydrogens (tertiary/aromatic N) is 2. The van der Waals surface area contributed by atoms with Crippen molar-refractivity contribution < 1.29 is 5.11 Å². The molecule has 2 rings (SSSR count). The average molecular weight is 222 g/mol. The molecule has 1 unspecified atom stereocenters. The van der Waals surface area contributed by atoms with E-state index in [-0.39, 0.29) is 6.10 Å². The number of aliphatic hydroxyl groups excluding tert-OH is 1. The van der Waals surface area contributed by atoms with Crippen LogP contribution in [-0.4, -0.2) is 14.9 Å². The van der Waals surface area contributed by atoms with Gasteiger partial charge in [0.2, 0.25) is 0 Å². The van der Waals surface area contributed by atoms with E-state index in [4.69, 9.17) is 0 Å². The maximum absolute atomic E-state index is 10.4. The van der Waals surface area contributed by atoms with Crippen LogP contribution in [0, 0.1) is 5.92 Å². The number of hydrogen-bond acceptors (Lipinski definition) is 2. The van der Waals surface area contributed by atoms with E-state index in [1.54, 1.807) is 6.20 Å². The van der Waals surface area contributed by atoms with Gasteiger partial charge in [0.1, 0.15) is 0 Å². The molecule has 0 amide bonds. The molecule has 3 nitrogen and oxygen atoms in total. The van der Waals surface area contributed by atoms with Crippen LogP contribution in [-0.2, 0) is 6.54 Å². The first-order valence-electron chi connectivity index (χ1n) is 6.52. The summed E-state index contributed by atoms with van der Waals surface area (Å²) in [4.78, 5) is 0. The first-order chi connectivity index (χ1) is 7.83. The smallest absolute Gasteiger partial charge is 0.0984 e. The van der Waals surface area contributed by atoms with E-state index >= 15 is 0 Å². The van der Waals surface area contributed by atoms with Gasteiger partial charge >= 0.3 is 0 Å². The van der Waals surface area contributed by atoms with Gasteiger partial charge in [0, 0.05) is 12.7 Å². The summed E-state index contributed by atoms with van der Waals surface area (Å²) in [6.07, 6.45) is 8.99. The molecule has 1 heterocycles. The van der Waals surface area contributed by atoms with Gasteiger partial charge in [-0.1, -0.05) is 25.7 Å². The second-order valence-electron chi connectivity index (χ2n) is 4.77. The molecule has 0 aromatic carbocycles. The van der Waals surface area contributed by atoms with Crippen LogP contribution in [0.4, 0.5) is 0 Å². The Morgan fingerprint density at radius 2 is 2.06 bits per heavy atom. The Kier molecular flexibility index (Phi) is 3.99. The molecule has 1 atom stereocenters. The zero-order valence-electron chi connectivity index (χ0n) is 10.1. The molecule has 1 N–H and O–H groups in total. The van der Waals surface area contributed by atoms with Crippen molar-refractivity contribution in [2.75, 3.05) is 0 Å². The van der Waals surface area contributed by atoms with Crippen LogP contribution in [0.5, 0.6) is 0 Å². The van der Waals surface area contributed by atoms with E-state index in [2.05, 4.69) is 12.0 Å². The fourth-order valence-electron chi connectivity index (χ4n) is 2.73. The molecule has 1 aromatic rings. The van der Waals surface area contributed by atoms with E-state index in [0.29, 0.717) is 5.92 Å². The molecule has 0 aliphatic heterocycles. The van der Waals surface area contributed by atoms with E-state index in [9.17, 15) is 5.11 Å². The minimum absolute atomic E-state index is 0.319. The first-order valence-corrected chi connectivity index (χ1v) is 6.52. The molecular weight excluding hydrogens is 200 g/mol. The third kappa shape index (κ3) is 2.46. The van der Waals surface area contributed by atoms with Gasteiger partial charge in [0.05, 0.1) is 11.8 Å². The Hall–Kier alpha value is -0.830. The lowest BCUT2D eigenvalue weighted by Crippen LogP contribution is -2.16. The van der Waals surface area contributed by atoms with Crippen LogP contribution in [0.2, 0.25) is 0 Å². The standard InChI is InChI=1S/C13H22N2O/c1-2-15-12(9-10-14-15)13(16)11-7-5-3-4-6-8-11/h9-11,13,16H,2-8H2,1H3. The van der Waals surface area contributed by atoms with E-state index in [0.717, 1.165) is 25.1 Å². The largest absolute Gasteiger partial charge is 0.387 e. The number of hydrogen-bond donors (Lipinski definition) is 1. The molecule has 1 aliphatic carbocycles. The molecule has 0 spiro atoms. The minimum Gasteiger partial charge on any atom is -0.387 e. The Bertz CT molecular complexity index is 313. The molecule has 1 saturated carbocycles. The molecule has 90 valence electrons. The van der Waals surface area contributed by atoms with Gasteiger partial charge < -0.3 is 5.11 Å². The maximum Gasteiger partial charge on any atom is 0.0984 e. The highest BCUT2D eigenvalue weighted by atomic mass is 16.3. The summed E-state index contributed by atoms with van der Waals surface area (Å²) in [5.74, 6) is 0.435. The van der Waals surface area contributed by atoms with Crippen LogP contribution in [0.15, 0.2) is 12.3 Å². The van der Waals surface area contributed by atoms with Gasteiger partial charge in [-0.05, 0) is 31.7 Å². The van der Waals surface area contributed by atoms with Gasteiger partial charge in [-0.3, -0.25) is 4.68 Å². The normalized spacial score (nSPS) is 20.6. The van der Waals surface area contributed by atoms with Crippen molar-refractivity contribution in [2.24, 2.45) is 5.92 Å². The van der Waals surface area contributed by atoms with E-state index in [1.807, 2.05) is 10.7 Å². The van der Waals surface area contributed by atoms with Gasteiger partial charge in [-0.15, -0.1) is 0 Å². The molecule has 1 aliphatic rings. The predicted molar refractivity (Wildman–Crippen MR) is 64.1 cm³/mol.